The van der Waals surface area contributed by atoms with E-state index in [-0.39, 0.29) is 11.5 Å². The van der Waals surface area contributed by atoms with Crippen molar-refractivity contribution in [2.45, 2.75) is 19.8 Å². The van der Waals surface area contributed by atoms with Gasteiger partial charge in [0.15, 0.2) is 0 Å². The number of rotatable bonds is 7. The molecule has 0 bridgehead atoms. The van der Waals surface area contributed by atoms with E-state index in [2.05, 4.69) is 5.32 Å². The van der Waals surface area contributed by atoms with Crippen molar-refractivity contribution in [3.63, 3.8) is 0 Å². The van der Waals surface area contributed by atoms with E-state index in [4.69, 9.17) is 14.4 Å². The number of furan rings is 1. The Labute approximate surface area is 152 Å². The van der Waals surface area contributed by atoms with Crippen LogP contribution in [0, 0.1) is 11.3 Å². The van der Waals surface area contributed by atoms with Gasteiger partial charge in [-0.2, -0.15) is 5.26 Å². The third-order valence-corrected chi connectivity index (χ3v) is 3.64. The van der Waals surface area contributed by atoms with Crippen LogP contribution in [0.25, 0.3) is 17.4 Å². The minimum Gasteiger partial charge on any atom is -0.462 e. The summed E-state index contributed by atoms with van der Waals surface area (Å²) in [4.78, 5) is 23.4. The van der Waals surface area contributed by atoms with E-state index in [1.165, 1.54) is 13.1 Å². The van der Waals surface area contributed by atoms with Gasteiger partial charge in [-0.3, -0.25) is 4.79 Å². The van der Waals surface area contributed by atoms with Crippen molar-refractivity contribution in [3.8, 4) is 17.4 Å². The normalized spacial score (nSPS) is 10.9. The van der Waals surface area contributed by atoms with E-state index in [0.717, 1.165) is 18.4 Å². The third-order valence-electron chi connectivity index (χ3n) is 3.64. The largest absolute Gasteiger partial charge is 0.462 e. The average molecular weight is 352 g/mol. The maximum atomic E-state index is 11.9. The Bertz CT molecular complexity index is 841. The molecule has 0 atom stereocenters. The second-order valence-corrected chi connectivity index (χ2v) is 5.52. The highest BCUT2D eigenvalue weighted by Gasteiger charge is 2.11. The number of nitrogens with zero attached hydrogens (tertiary/aromatic N) is 1. The van der Waals surface area contributed by atoms with Gasteiger partial charge in [0, 0.05) is 18.7 Å². The lowest BCUT2D eigenvalue weighted by molar-refractivity contribution is -0.116. The minimum atomic E-state index is -0.476. The second kappa shape index (κ2) is 9.23. The molecule has 0 unspecified atom stereocenters. The summed E-state index contributed by atoms with van der Waals surface area (Å²) in [6.07, 6.45) is 3.18. The van der Waals surface area contributed by atoms with E-state index in [9.17, 15) is 9.59 Å². The molecule has 6 heteroatoms. The van der Waals surface area contributed by atoms with Crippen LogP contribution in [0.4, 0.5) is 0 Å². The van der Waals surface area contributed by atoms with Gasteiger partial charge in [-0.1, -0.05) is 25.5 Å². The predicted molar refractivity (Wildman–Crippen MR) is 97.0 cm³/mol. The number of benzene rings is 1. The van der Waals surface area contributed by atoms with Gasteiger partial charge in [-0.15, -0.1) is 0 Å². The summed E-state index contributed by atoms with van der Waals surface area (Å²) in [5.41, 5.74) is 1.20. The molecular formula is C20H20N2O4. The van der Waals surface area contributed by atoms with Gasteiger partial charge >= 0.3 is 5.97 Å². The molecule has 26 heavy (non-hydrogen) atoms. The smallest absolute Gasteiger partial charge is 0.338 e. The van der Waals surface area contributed by atoms with Crippen LogP contribution in [0.15, 0.2) is 46.4 Å². The van der Waals surface area contributed by atoms with Crippen LogP contribution < -0.4 is 5.32 Å². The first-order valence-corrected chi connectivity index (χ1v) is 8.30. The van der Waals surface area contributed by atoms with Gasteiger partial charge < -0.3 is 14.5 Å². The molecule has 0 fully saturated rings. The Morgan fingerprint density at radius 1 is 1.23 bits per heavy atom. The number of esters is 1. The van der Waals surface area contributed by atoms with Gasteiger partial charge in [0.2, 0.25) is 0 Å². The van der Waals surface area contributed by atoms with Crippen molar-refractivity contribution in [2.75, 3.05) is 13.7 Å². The lowest BCUT2D eigenvalue weighted by Crippen LogP contribution is -2.18. The first-order chi connectivity index (χ1) is 12.6. The Morgan fingerprint density at radius 3 is 2.58 bits per heavy atom. The summed E-state index contributed by atoms with van der Waals surface area (Å²) in [7, 11) is 1.45. The zero-order valence-electron chi connectivity index (χ0n) is 14.7. The molecule has 1 heterocycles. The molecule has 1 N–H and O–H groups in total. The van der Waals surface area contributed by atoms with Gasteiger partial charge in [-0.25, -0.2) is 4.79 Å². The number of carbonyl (C=O) groups is 2. The number of amides is 1. The Kier molecular flexibility index (Phi) is 6.75. The topological polar surface area (TPSA) is 92.3 Å². The van der Waals surface area contributed by atoms with Gasteiger partial charge in [0.1, 0.15) is 23.2 Å². The van der Waals surface area contributed by atoms with Crippen molar-refractivity contribution in [3.05, 3.63) is 53.3 Å². The highest BCUT2D eigenvalue weighted by molar-refractivity contribution is 6.01. The average Bonchev–Trinajstić information content (AvgIpc) is 3.14. The molecule has 0 aliphatic heterocycles. The van der Waals surface area contributed by atoms with Crippen LogP contribution in [0.5, 0.6) is 0 Å². The number of ether oxygens (including phenoxy) is 1. The first-order valence-electron chi connectivity index (χ1n) is 8.30. The van der Waals surface area contributed by atoms with E-state index in [1.807, 2.05) is 13.0 Å². The zero-order chi connectivity index (χ0) is 18.9. The van der Waals surface area contributed by atoms with Crippen molar-refractivity contribution >= 4 is 18.0 Å². The summed E-state index contributed by atoms with van der Waals surface area (Å²) in [6, 6.07) is 12.1. The molecule has 0 aliphatic rings. The number of likely N-dealkylation sites (N-methyl/N-ethyl adjacent to an activating group) is 1. The highest BCUT2D eigenvalue weighted by atomic mass is 16.5. The summed E-state index contributed by atoms with van der Waals surface area (Å²) < 4.78 is 10.8. The van der Waals surface area contributed by atoms with E-state index >= 15 is 0 Å². The Hall–Kier alpha value is -3.33. The standard InChI is InChI=1S/C20H20N2O4/c1-3-4-11-25-20(24)15-7-5-14(6-8-15)18-10-9-17(26-18)12-16(13-21)19(23)22-2/h5-10,12H,3-4,11H2,1-2H3,(H,22,23)/b16-12+. The maximum absolute atomic E-state index is 11.9. The second-order valence-electron chi connectivity index (χ2n) is 5.52. The molecule has 134 valence electrons. The summed E-state index contributed by atoms with van der Waals surface area (Å²) >= 11 is 0. The molecule has 0 saturated carbocycles. The van der Waals surface area contributed by atoms with Crippen LogP contribution in [0.3, 0.4) is 0 Å². The van der Waals surface area contributed by atoms with Crippen LogP contribution >= 0.6 is 0 Å². The lowest BCUT2D eigenvalue weighted by atomic mass is 10.1. The number of carbonyl (C=O) groups excluding carboxylic acids is 2. The molecule has 0 radical (unpaired) electrons. The molecule has 0 aliphatic carbocycles. The fourth-order valence-corrected chi connectivity index (χ4v) is 2.17. The van der Waals surface area contributed by atoms with Gasteiger partial charge in [-0.05, 0) is 30.7 Å². The fourth-order valence-electron chi connectivity index (χ4n) is 2.17. The Balaban J connectivity index is 2.12. The van der Waals surface area contributed by atoms with E-state index < -0.39 is 5.91 Å². The van der Waals surface area contributed by atoms with Crippen molar-refractivity contribution in [1.82, 2.24) is 5.32 Å². The number of nitriles is 1. The van der Waals surface area contributed by atoms with Crippen molar-refractivity contribution in [2.24, 2.45) is 0 Å². The summed E-state index contributed by atoms with van der Waals surface area (Å²) in [5, 5.41) is 11.4. The third kappa shape index (κ3) is 4.84. The fraction of sp³-hybridized carbons (Fsp3) is 0.250. The number of hydrogen-bond acceptors (Lipinski definition) is 5. The number of hydrogen-bond donors (Lipinski definition) is 1. The van der Waals surface area contributed by atoms with Gasteiger partial charge in [0.25, 0.3) is 5.91 Å². The van der Waals surface area contributed by atoms with E-state index in [0.29, 0.717) is 23.7 Å². The predicted octanol–water partition coefficient (Wildman–Crippen LogP) is 3.56. The molecular weight excluding hydrogens is 332 g/mol. The Morgan fingerprint density at radius 2 is 1.96 bits per heavy atom. The zero-order valence-corrected chi connectivity index (χ0v) is 14.7. The molecule has 0 saturated heterocycles. The molecule has 2 rings (SSSR count). The number of nitrogens with one attached hydrogen (secondary N) is 1. The molecule has 1 aromatic heterocycles. The molecule has 1 aromatic carbocycles. The monoisotopic (exact) mass is 352 g/mol. The number of unbranched alkanes of at least 4 members (excludes halogenated alkanes) is 1. The van der Waals surface area contributed by atoms with Crippen LogP contribution in [-0.4, -0.2) is 25.5 Å². The van der Waals surface area contributed by atoms with Crippen LogP contribution in [-0.2, 0) is 9.53 Å². The molecule has 6 nitrogen and oxygen atoms in total. The first kappa shape index (κ1) is 19.0. The summed E-state index contributed by atoms with van der Waals surface area (Å²) in [5.74, 6) is 0.133. The van der Waals surface area contributed by atoms with E-state index in [1.54, 1.807) is 36.4 Å². The maximum Gasteiger partial charge on any atom is 0.338 e. The highest BCUT2D eigenvalue weighted by Crippen LogP contribution is 2.24. The van der Waals surface area contributed by atoms with Crippen LogP contribution in [0.2, 0.25) is 0 Å². The van der Waals surface area contributed by atoms with Crippen molar-refractivity contribution < 1.29 is 18.7 Å². The summed E-state index contributed by atoms with van der Waals surface area (Å²) in [6.45, 7) is 2.45. The van der Waals surface area contributed by atoms with Gasteiger partial charge in [0.05, 0.1) is 12.2 Å². The molecule has 1 amide bonds. The lowest BCUT2D eigenvalue weighted by Gasteiger charge is -2.04. The molecule has 2 aromatic rings. The van der Waals surface area contributed by atoms with Crippen molar-refractivity contribution in [1.29, 1.82) is 5.26 Å². The molecule has 0 spiro atoms. The van der Waals surface area contributed by atoms with Crippen LogP contribution in [0.1, 0.15) is 35.9 Å². The quantitative estimate of drug-likeness (QED) is 0.356. The SMILES string of the molecule is CCCCOC(=O)c1ccc(-c2ccc(/C=C(\C#N)C(=O)NC)o2)cc1. The minimum absolute atomic E-state index is 0.0430.